The second-order valence-electron chi connectivity index (χ2n) is 14.4. The van der Waals surface area contributed by atoms with Gasteiger partial charge < -0.3 is 9.13 Å². The lowest BCUT2D eigenvalue weighted by Gasteiger charge is -2.18. The number of rotatable bonds is 6. The van der Waals surface area contributed by atoms with E-state index in [-0.39, 0.29) is 6.04 Å². The first-order valence-electron chi connectivity index (χ1n) is 19.1. The number of nitrogens with zero attached hydrogens (tertiary/aromatic N) is 5. The van der Waals surface area contributed by atoms with Crippen LogP contribution in [0.5, 0.6) is 0 Å². The van der Waals surface area contributed by atoms with Crippen LogP contribution in [0.25, 0.3) is 94.6 Å². The molecule has 3 aromatic heterocycles. The molecule has 0 bridgehead atoms. The Morgan fingerprint density at radius 3 is 1.68 bits per heavy atom. The van der Waals surface area contributed by atoms with Gasteiger partial charge in [0.1, 0.15) is 0 Å². The molecule has 1 unspecified atom stereocenters. The molecule has 0 aliphatic heterocycles. The molecule has 264 valence electrons. The summed E-state index contributed by atoms with van der Waals surface area (Å²) in [5.41, 5.74) is 11.2. The number of para-hydroxylation sites is 2. The molecule has 0 saturated carbocycles. The predicted molar refractivity (Wildman–Crippen MR) is 231 cm³/mol. The largest absolute Gasteiger partial charge is 0.333 e. The molecule has 1 aliphatic rings. The molecule has 3 heterocycles. The Morgan fingerprint density at radius 2 is 1.00 bits per heavy atom. The van der Waals surface area contributed by atoms with E-state index in [1.165, 1.54) is 43.7 Å². The third kappa shape index (κ3) is 5.28. The SMILES string of the molecule is C1=CCC(n2c3ccccc3c3ccc(-c4cccc5c4c4ccccc4n5-c4ccc(-c5nc(-c6ccccc6)nc(-c6ccccc6)n5)cc4)cc32)C=C1. The van der Waals surface area contributed by atoms with Crippen molar-refractivity contribution in [1.82, 2.24) is 24.1 Å². The van der Waals surface area contributed by atoms with Crippen LogP contribution in [0.3, 0.4) is 0 Å². The van der Waals surface area contributed by atoms with E-state index in [9.17, 15) is 0 Å². The van der Waals surface area contributed by atoms with Gasteiger partial charge in [-0.15, -0.1) is 0 Å². The van der Waals surface area contributed by atoms with Crippen LogP contribution in [0.4, 0.5) is 0 Å². The van der Waals surface area contributed by atoms with Crippen molar-refractivity contribution < 1.29 is 0 Å². The zero-order valence-electron chi connectivity index (χ0n) is 30.5. The van der Waals surface area contributed by atoms with Crippen molar-refractivity contribution in [1.29, 1.82) is 0 Å². The Hall–Kier alpha value is -7.37. The molecular weight excluding hydrogens is 683 g/mol. The number of hydrogen-bond acceptors (Lipinski definition) is 3. The number of benzene rings is 7. The van der Waals surface area contributed by atoms with Crippen molar-refractivity contribution in [2.75, 3.05) is 0 Å². The van der Waals surface area contributed by atoms with Gasteiger partial charge in [0.25, 0.3) is 0 Å². The maximum Gasteiger partial charge on any atom is 0.164 e. The summed E-state index contributed by atoms with van der Waals surface area (Å²) < 4.78 is 4.90. The Morgan fingerprint density at radius 1 is 0.429 bits per heavy atom. The van der Waals surface area contributed by atoms with Crippen LogP contribution in [0.15, 0.2) is 194 Å². The number of hydrogen-bond donors (Lipinski definition) is 0. The van der Waals surface area contributed by atoms with E-state index < -0.39 is 0 Å². The molecule has 5 nitrogen and oxygen atoms in total. The van der Waals surface area contributed by atoms with E-state index >= 15 is 0 Å². The fourth-order valence-corrected chi connectivity index (χ4v) is 8.52. The average Bonchev–Trinajstić information content (AvgIpc) is 3.80. The van der Waals surface area contributed by atoms with Gasteiger partial charge >= 0.3 is 0 Å². The Kier molecular flexibility index (Phi) is 7.56. The number of allylic oxidation sites excluding steroid dienone is 4. The molecule has 0 N–H and O–H groups in total. The van der Waals surface area contributed by atoms with Gasteiger partial charge in [0.15, 0.2) is 17.5 Å². The molecule has 5 heteroatoms. The highest BCUT2D eigenvalue weighted by Crippen LogP contribution is 2.41. The van der Waals surface area contributed by atoms with Gasteiger partial charge in [0.2, 0.25) is 0 Å². The van der Waals surface area contributed by atoms with E-state index in [1.807, 2.05) is 60.7 Å². The van der Waals surface area contributed by atoms with Crippen molar-refractivity contribution in [3.8, 4) is 51.0 Å². The highest BCUT2D eigenvalue weighted by atomic mass is 15.0. The van der Waals surface area contributed by atoms with Crippen molar-refractivity contribution in [2.45, 2.75) is 12.5 Å². The van der Waals surface area contributed by atoms with Gasteiger partial charge in [-0.3, -0.25) is 0 Å². The molecule has 56 heavy (non-hydrogen) atoms. The first-order chi connectivity index (χ1) is 27.8. The molecular formula is C51H35N5. The number of aromatic nitrogens is 5. The van der Waals surface area contributed by atoms with Crippen LogP contribution in [0.1, 0.15) is 12.5 Å². The van der Waals surface area contributed by atoms with Crippen LogP contribution >= 0.6 is 0 Å². The van der Waals surface area contributed by atoms with Gasteiger partial charge in [-0.2, -0.15) is 0 Å². The molecule has 1 aliphatic carbocycles. The summed E-state index contributed by atoms with van der Waals surface area (Å²) in [5.74, 6) is 1.94. The van der Waals surface area contributed by atoms with E-state index in [2.05, 4.69) is 143 Å². The summed E-state index contributed by atoms with van der Waals surface area (Å²) in [5, 5.41) is 5.04. The maximum atomic E-state index is 4.97. The quantitative estimate of drug-likeness (QED) is 0.172. The van der Waals surface area contributed by atoms with Crippen LogP contribution in [-0.4, -0.2) is 24.1 Å². The minimum Gasteiger partial charge on any atom is -0.333 e. The molecule has 0 amide bonds. The van der Waals surface area contributed by atoms with Gasteiger partial charge in [-0.25, -0.2) is 15.0 Å². The zero-order chi connectivity index (χ0) is 37.0. The fraction of sp³-hybridized carbons (Fsp3) is 0.0392. The lowest BCUT2D eigenvalue weighted by molar-refractivity contribution is 0.648. The summed E-state index contributed by atoms with van der Waals surface area (Å²) in [7, 11) is 0. The summed E-state index contributed by atoms with van der Waals surface area (Å²) in [4.78, 5) is 14.8. The molecule has 0 saturated heterocycles. The minimum absolute atomic E-state index is 0.269. The second-order valence-corrected chi connectivity index (χ2v) is 14.4. The topological polar surface area (TPSA) is 48.5 Å². The molecule has 10 aromatic rings. The van der Waals surface area contributed by atoms with Crippen LogP contribution in [0.2, 0.25) is 0 Å². The van der Waals surface area contributed by atoms with Crippen molar-refractivity contribution >= 4 is 43.6 Å². The standard InChI is InChI=1S/C51H35N5/c1-4-15-34(16-5-1)49-52-50(35-17-6-2-7-18-35)54-51(53-49)36-27-30-39(31-28-36)55-45-25-13-11-22-43(45)48-40(23-14-26-46(48)55)37-29-32-42-41-21-10-12-24-44(41)56(47(42)33-37)38-19-8-3-9-20-38/h1-19,21-33,38H,20H2. The lowest BCUT2D eigenvalue weighted by Crippen LogP contribution is -2.06. The highest BCUT2D eigenvalue weighted by molar-refractivity contribution is 6.17. The van der Waals surface area contributed by atoms with Gasteiger partial charge in [0.05, 0.1) is 22.6 Å². The Balaban J connectivity index is 1.05. The Bertz CT molecular complexity index is 3090. The fourth-order valence-electron chi connectivity index (χ4n) is 8.52. The molecule has 1 atom stereocenters. The molecule has 11 rings (SSSR count). The third-order valence-corrected chi connectivity index (χ3v) is 11.1. The van der Waals surface area contributed by atoms with Crippen molar-refractivity contribution in [3.05, 3.63) is 194 Å². The monoisotopic (exact) mass is 717 g/mol. The minimum atomic E-state index is 0.269. The van der Waals surface area contributed by atoms with Gasteiger partial charge in [-0.1, -0.05) is 146 Å². The Labute approximate surface area is 324 Å². The summed E-state index contributed by atoms with van der Waals surface area (Å²) in [6.45, 7) is 0. The second kappa shape index (κ2) is 13.2. The molecule has 7 aromatic carbocycles. The summed E-state index contributed by atoms with van der Waals surface area (Å²) in [6, 6.07) is 60.4. The van der Waals surface area contributed by atoms with Gasteiger partial charge in [0, 0.05) is 49.4 Å². The third-order valence-electron chi connectivity index (χ3n) is 11.1. The van der Waals surface area contributed by atoms with Crippen LogP contribution < -0.4 is 0 Å². The smallest absolute Gasteiger partial charge is 0.164 e. The molecule has 0 radical (unpaired) electrons. The highest BCUT2D eigenvalue weighted by Gasteiger charge is 2.20. The summed E-state index contributed by atoms with van der Waals surface area (Å²) in [6.07, 6.45) is 9.89. The normalized spacial score (nSPS) is 14.0. The molecule has 0 fully saturated rings. The summed E-state index contributed by atoms with van der Waals surface area (Å²) >= 11 is 0. The van der Waals surface area contributed by atoms with Crippen LogP contribution in [0, 0.1) is 0 Å². The van der Waals surface area contributed by atoms with E-state index in [4.69, 9.17) is 15.0 Å². The van der Waals surface area contributed by atoms with E-state index in [0.717, 1.165) is 39.8 Å². The van der Waals surface area contributed by atoms with E-state index in [0.29, 0.717) is 17.5 Å². The van der Waals surface area contributed by atoms with Crippen molar-refractivity contribution in [3.63, 3.8) is 0 Å². The number of fused-ring (bicyclic) bond motifs is 6. The van der Waals surface area contributed by atoms with Crippen LogP contribution in [-0.2, 0) is 0 Å². The zero-order valence-corrected chi connectivity index (χ0v) is 30.5. The first-order valence-corrected chi connectivity index (χ1v) is 19.1. The first kappa shape index (κ1) is 32.1. The lowest BCUT2D eigenvalue weighted by atomic mass is 9.98. The predicted octanol–water partition coefficient (Wildman–Crippen LogP) is 12.8. The van der Waals surface area contributed by atoms with Gasteiger partial charge in [-0.05, 0) is 66.1 Å². The maximum absolute atomic E-state index is 4.97. The molecule has 0 spiro atoms. The average molecular weight is 718 g/mol. The van der Waals surface area contributed by atoms with Crippen molar-refractivity contribution in [2.24, 2.45) is 0 Å². The van der Waals surface area contributed by atoms with E-state index in [1.54, 1.807) is 0 Å².